The molecule has 1 heterocycles. The molecule has 1 saturated heterocycles. The Morgan fingerprint density at radius 2 is 1.33 bits per heavy atom. The van der Waals surface area contributed by atoms with Gasteiger partial charge in [-0.1, -0.05) is 13.3 Å². The number of hydrogen-bond acceptors (Lipinski definition) is 4. The first-order valence-corrected chi connectivity index (χ1v) is 8.97. The lowest BCUT2D eigenvalue weighted by molar-refractivity contribution is 0.0736. The van der Waals surface area contributed by atoms with Crippen LogP contribution in [0, 0.1) is 0 Å². The van der Waals surface area contributed by atoms with Gasteiger partial charge in [0.2, 0.25) is 0 Å². The highest BCUT2D eigenvalue weighted by atomic mass is 16.5. The van der Waals surface area contributed by atoms with Gasteiger partial charge in [0.1, 0.15) is 0 Å². The van der Waals surface area contributed by atoms with E-state index in [4.69, 9.17) is 9.47 Å². The van der Waals surface area contributed by atoms with Crippen molar-refractivity contribution in [2.24, 2.45) is 0 Å². The highest BCUT2D eigenvalue weighted by molar-refractivity contribution is 4.71. The molecular weight excluding hydrogens is 264 g/mol. The summed E-state index contributed by atoms with van der Waals surface area (Å²) in [7, 11) is 0. The molecule has 0 spiro atoms. The van der Waals surface area contributed by atoms with Crippen molar-refractivity contribution in [2.45, 2.75) is 46.0 Å². The number of nitrogens with zero attached hydrogens (tertiary/aromatic N) is 2. The minimum atomic E-state index is 0.851. The highest BCUT2D eigenvalue weighted by Crippen LogP contribution is 2.05. The molecule has 0 radical (unpaired) electrons. The van der Waals surface area contributed by atoms with E-state index in [0.717, 1.165) is 33.0 Å². The van der Waals surface area contributed by atoms with Crippen LogP contribution in [0.1, 0.15) is 46.0 Å². The van der Waals surface area contributed by atoms with Crippen LogP contribution in [0.15, 0.2) is 0 Å². The van der Waals surface area contributed by atoms with Gasteiger partial charge in [-0.05, 0) is 39.2 Å². The molecule has 126 valence electrons. The largest absolute Gasteiger partial charge is 0.382 e. The SMILES string of the molecule is CCCCOCCN1CCN(CCCCCOCC)CC1. The Labute approximate surface area is 131 Å². The number of rotatable bonds is 13. The maximum absolute atomic E-state index is 5.65. The van der Waals surface area contributed by atoms with Crippen molar-refractivity contribution < 1.29 is 9.47 Å². The fourth-order valence-corrected chi connectivity index (χ4v) is 2.64. The Morgan fingerprint density at radius 3 is 2.00 bits per heavy atom. The van der Waals surface area contributed by atoms with Crippen molar-refractivity contribution in [3.63, 3.8) is 0 Å². The number of ether oxygens (including phenoxy) is 2. The zero-order valence-electron chi connectivity index (χ0n) is 14.3. The number of unbranched alkanes of at least 4 members (excludes halogenated alkanes) is 3. The van der Waals surface area contributed by atoms with Gasteiger partial charge in [0.25, 0.3) is 0 Å². The summed E-state index contributed by atoms with van der Waals surface area (Å²) in [5, 5.41) is 0. The number of hydrogen-bond donors (Lipinski definition) is 0. The fraction of sp³-hybridized carbons (Fsp3) is 1.00. The molecule has 0 aliphatic carbocycles. The average molecular weight is 300 g/mol. The van der Waals surface area contributed by atoms with Crippen molar-refractivity contribution in [3.05, 3.63) is 0 Å². The van der Waals surface area contributed by atoms with Crippen molar-refractivity contribution in [1.82, 2.24) is 9.80 Å². The van der Waals surface area contributed by atoms with Gasteiger partial charge in [-0.2, -0.15) is 0 Å². The second kappa shape index (κ2) is 13.5. The van der Waals surface area contributed by atoms with E-state index in [1.54, 1.807) is 0 Å². The maximum Gasteiger partial charge on any atom is 0.0593 e. The van der Waals surface area contributed by atoms with Gasteiger partial charge in [-0.15, -0.1) is 0 Å². The first-order chi connectivity index (χ1) is 10.4. The molecule has 0 bridgehead atoms. The zero-order chi connectivity index (χ0) is 15.2. The molecule has 1 fully saturated rings. The Balaban J connectivity index is 1.90. The number of piperazine rings is 1. The van der Waals surface area contributed by atoms with Crippen LogP contribution in [0.4, 0.5) is 0 Å². The molecule has 0 saturated carbocycles. The Bertz CT molecular complexity index is 219. The van der Waals surface area contributed by atoms with Gasteiger partial charge in [0.05, 0.1) is 6.61 Å². The average Bonchev–Trinajstić information content (AvgIpc) is 2.52. The monoisotopic (exact) mass is 300 g/mol. The molecule has 4 heteroatoms. The molecule has 1 aliphatic rings. The standard InChI is InChI=1S/C17H36N2O2/c1-3-5-15-21-17-14-19-12-10-18(11-13-19)9-7-6-8-16-20-4-2/h3-17H2,1-2H3. The fourth-order valence-electron chi connectivity index (χ4n) is 2.64. The molecule has 0 N–H and O–H groups in total. The van der Waals surface area contributed by atoms with Gasteiger partial charge in [0.15, 0.2) is 0 Å². The summed E-state index contributed by atoms with van der Waals surface area (Å²) < 4.78 is 11.0. The summed E-state index contributed by atoms with van der Waals surface area (Å²) in [6.45, 7) is 15.1. The Morgan fingerprint density at radius 1 is 0.667 bits per heavy atom. The molecule has 0 atom stereocenters. The van der Waals surface area contributed by atoms with Crippen LogP contribution in [-0.2, 0) is 9.47 Å². The van der Waals surface area contributed by atoms with Crippen LogP contribution >= 0.6 is 0 Å². The molecule has 21 heavy (non-hydrogen) atoms. The van der Waals surface area contributed by atoms with Gasteiger partial charge < -0.3 is 14.4 Å². The van der Waals surface area contributed by atoms with Crippen LogP contribution in [0.5, 0.6) is 0 Å². The van der Waals surface area contributed by atoms with E-state index in [2.05, 4.69) is 23.6 Å². The van der Waals surface area contributed by atoms with E-state index in [-0.39, 0.29) is 0 Å². The molecule has 0 unspecified atom stereocenters. The zero-order valence-corrected chi connectivity index (χ0v) is 14.3. The molecule has 1 rings (SSSR count). The van der Waals surface area contributed by atoms with Crippen molar-refractivity contribution in [2.75, 3.05) is 65.7 Å². The Hall–Kier alpha value is -0.160. The van der Waals surface area contributed by atoms with Crippen LogP contribution in [0.25, 0.3) is 0 Å². The molecule has 0 amide bonds. The second-order valence-corrected chi connectivity index (χ2v) is 5.91. The third-order valence-corrected chi connectivity index (χ3v) is 4.13. The second-order valence-electron chi connectivity index (χ2n) is 5.91. The lowest BCUT2D eigenvalue weighted by Gasteiger charge is -2.34. The summed E-state index contributed by atoms with van der Waals surface area (Å²) >= 11 is 0. The van der Waals surface area contributed by atoms with E-state index >= 15 is 0 Å². The highest BCUT2D eigenvalue weighted by Gasteiger charge is 2.15. The van der Waals surface area contributed by atoms with E-state index in [0.29, 0.717) is 0 Å². The first kappa shape index (κ1) is 18.9. The third-order valence-electron chi connectivity index (χ3n) is 4.13. The van der Waals surface area contributed by atoms with Crippen LogP contribution in [0.3, 0.4) is 0 Å². The van der Waals surface area contributed by atoms with Crippen LogP contribution < -0.4 is 0 Å². The quantitative estimate of drug-likeness (QED) is 0.488. The van der Waals surface area contributed by atoms with Gasteiger partial charge >= 0.3 is 0 Å². The van der Waals surface area contributed by atoms with E-state index in [1.165, 1.54) is 64.8 Å². The predicted octanol–water partition coefficient (Wildman–Crippen LogP) is 2.63. The van der Waals surface area contributed by atoms with E-state index in [1.807, 2.05) is 0 Å². The lowest BCUT2D eigenvalue weighted by atomic mass is 10.2. The smallest absolute Gasteiger partial charge is 0.0593 e. The van der Waals surface area contributed by atoms with Crippen LogP contribution in [0.2, 0.25) is 0 Å². The molecular formula is C17H36N2O2. The summed E-state index contributed by atoms with van der Waals surface area (Å²) in [4.78, 5) is 5.15. The van der Waals surface area contributed by atoms with E-state index in [9.17, 15) is 0 Å². The van der Waals surface area contributed by atoms with Crippen molar-refractivity contribution in [1.29, 1.82) is 0 Å². The minimum Gasteiger partial charge on any atom is -0.382 e. The summed E-state index contributed by atoms with van der Waals surface area (Å²) in [5.74, 6) is 0. The first-order valence-electron chi connectivity index (χ1n) is 8.97. The summed E-state index contributed by atoms with van der Waals surface area (Å²) in [6, 6.07) is 0. The van der Waals surface area contributed by atoms with Crippen molar-refractivity contribution >= 4 is 0 Å². The van der Waals surface area contributed by atoms with Crippen LogP contribution in [-0.4, -0.2) is 75.5 Å². The Kier molecular flexibility index (Phi) is 12.1. The summed E-state index contributed by atoms with van der Waals surface area (Å²) in [5.41, 5.74) is 0. The molecule has 0 aromatic carbocycles. The minimum absolute atomic E-state index is 0.851. The molecule has 4 nitrogen and oxygen atoms in total. The maximum atomic E-state index is 5.65. The van der Waals surface area contributed by atoms with Gasteiger partial charge in [0, 0.05) is 52.5 Å². The van der Waals surface area contributed by atoms with E-state index < -0.39 is 0 Å². The van der Waals surface area contributed by atoms with Gasteiger partial charge in [-0.25, -0.2) is 0 Å². The normalized spacial score (nSPS) is 17.4. The predicted molar refractivity (Wildman–Crippen MR) is 89.0 cm³/mol. The molecule has 0 aromatic heterocycles. The van der Waals surface area contributed by atoms with Crippen molar-refractivity contribution in [3.8, 4) is 0 Å². The third kappa shape index (κ3) is 10.2. The molecule has 1 aliphatic heterocycles. The lowest BCUT2D eigenvalue weighted by Crippen LogP contribution is -2.47. The molecule has 0 aromatic rings. The summed E-state index contributed by atoms with van der Waals surface area (Å²) in [6.07, 6.45) is 6.24. The topological polar surface area (TPSA) is 24.9 Å². The van der Waals surface area contributed by atoms with Gasteiger partial charge in [-0.3, -0.25) is 4.90 Å².